The van der Waals surface area contributed by atoms with Crippen LogP contribution in [0.4, 0.5) is 5.69 Å². The normalized spacial score (nSPS) is 11.3. The first-order valence-corrected chi connectivity index (χ1v) is 7.19. The van der Waals surface area contributed by atoms with E-state index in [2.05, 4.69) is 4.98 Å². The highest BCUT2D eigenvalue weighted by Crippen LogP contribution is 2.22. The van der Waals surface area contributed by atoms with E-state index in [1.807, 2.05) is 6.07 Å². The third-order valence-electron chi connectivity index (χ3n) is 2.80. The van der Waals surface area contributed by atoms with Crippen LogP contribution in [-0.2, 0) is 16.6 Å². The third-order valence-corrected chi connectivity index (χ3v) is 4.66. The largest absolute Gasteiger partial charge is 0.325 e. The number of nitrogens with two attached hydrogens (primary N) is 1. The molecule has 0 bridgehead atoms. The van der Waals surface area contributed by atoms with Crippen LogP contribution in [0.15, 0.2) is 53.6 Å². The molecule has 1 heterocycles. The molecule has 2 aromatic rings. The minimum absolute atomic E-state index is 0.0814. The molecule has 0 radical (unpaired) electrons. The predicted molar refractivity (Wildman–Crippen MR) is 74.2 cm³/mol. The molecule has 6 heteroatoms. The van der Waals surface area contributed by atoms with Crippen molar-refractivity contribution in [2.45, 2.75) is 11.4 Å². The highest BCUT2D eigenvalue weighted by molar-refractivity contribution is 7.92. The number of benzene rings is 1. The maximum absolute atomic E-state index is 12.5. The summed E-state index contributed by atoms with van der Waals surface area (Å²) in [6.45, 7) is 0.0814. The Hall–Kier alpha value is -1.92. The summed E-state index contributed by atoms with van der Waals surface area (Å²) in [5.74, 6) is 0. The third kappa shape index (κ3) is 2.59. The number of hydrogen-bond donors (Lipinski definition) is 1. The number of hydrogen-bond acceptors (Lipinski definition) is 4. The average molecular weight is 277 g/mol. The maximum atomic E-state index is 12.5. The van der Waals surface area contributed by atoms with Gasteiger partial charge in [0.05, 0.1) is 11.4 Å². The molecule has 19 heavy (non-hydrogen) atoms. The van der Waals surface area contributed by atoms with Crippen molar-refractivity contribution in [2.24, 2.45) is 5.73 Å². The Morgan fingerprint density at radius 2 is 1.84 bits per heavy atom. The quantitative estimate of drug-likeness (QED) is 0.915. The lowest BCUT2D eigenvalue weighted by Gasteiger charge is -2.20. The number of nitrogens with zero attached hydrogens (tertiary/aromatic N) is 2. The monoisotopic (exact) mass is 277 g/mol. The smallest absolute Gasteiger partial charge is 0.265 e. The molecule has 100 valence electrons. The van der Waals surface area contributed by atoms with Gasteiger partial charge in [-0.3, -0.25) is 9.29 Å². The van der Waals surface area contributed by atoms with E-state index < -0.39 is 10.0 Å². The van der Waals surface area contributed by atoms with Crippen LogP contribution >= 0.6 is 0 Å². The van der Waals surface area contributed by atoms with Crippen molar-refractivity contribution >= 4 is 15.7 Å². The van der Waals surface area contributed by atoms with Crippen LogP contribution in [0.5, 0.6) is 0 Å². The minimum Gasteiger partial charge on any atom is -0.325 e. The zero-order chi connectivity index (χ0) is 13.9. The van der Waals surface area contributed by atoms with E-state index in [1.165, 1.54) is 23.6 Å². The Balaban J connectivity index is 2.48. The number of sulfonamides is 1. The molecule has 0 fully saturated rings. The van der Waals surface area contributed by atoms with Crippen LogP contribution in [0.1, 0.15) is 5.69 Å². The van der Waals surface area contributed by atoms with E-state index in [-0.39, 0.29) is 11.4 Å². The number of rotatable bonds is 4. The van der Waals surface area contributed by atoms with Gasteiger partial charge in [-0.25, -0.2) is 8.42 Å². The lowest BCUT2D eigenvalue weighted by Crippen LogP contribution is -2.28. The zero-order valence-corrected chi connectivity index (χ0v) is 11.3. The molecule has 0 saturated carbocycles. The standard InChI is InChI=1S/C13H15N3O2S/c1-16(11-6-3-2-4-7-11)19(17,18)13-8-5-9-15-12(13)10-14/h2-9H,10,14H2,1H3. The molecule has 0 aliphatic rings. The van der Waals surface area contributed by atoms with Gasteiger partial charge in [0.15, 0.2) is 0 Å². The summed E-state index contributed by atoms with van der Waals surface area (Å²) in [5.41, 5.74) is 6.50. The van der Waals surface area contributed by atoms with Crippen LogP contribution in [-0.4, -0.2) is 20.4 Å². The van der Waals surface area contributed by atoms with Crippen molar-refractivity contribution in [3.63, 3.8) is 0 Å². The van der Waals surface area contributed by atoms with E-state index in [1.54, 1.807) is 30.3 Å². The Bertz CT molecular complexity index is 657. The lowest BCUT2D eigenvalue weighted by atomic mass is 10.3. The molecule has 0 aliphatic heterocycles. The molecule has 0 saturated heterocycles. The van der Waals surface area contributed by atoms with Gasteiger partial charge < -0.3 is 5.73 Å². The SMILES string of the molecule is CN(c1ccccc1)S(=O)(=O)c1cccnc1CN. The van der Waals surface area contributed by atoms with Crippen molar-refractivity contribution < 1.29 is 8.42 Å². The summed E-state index contributed by atoms with van der Waals surface area (Å²) in [6.07, 6.45) is 1.53. The average Bonchev–Trinajstić information content (AvgIpc) is 2.47. The summed E-state index contributed by atoms with van der Waals surface area (Å²) in [7, 11) is -2.13. The van der Waals surface area contributed by atoms with Crippen molar-refractivity contribution in [1.82, 2.24) is 4.98 Å². The van der Waals surface area contributed by atoms with Gasteiger partial charge >= 0.3 is 0 Å². The Morgan fingerprint density at radius 3 is 2.47 bits per heavy atom. The minimum atomic E-state index is -3.64. The molecular formula is C13H15N3O2S. The molecule has 0 unspecified atom stereocenters. The van der Waals surface area contributed by atoms with Gasteiger partial charge in [0, 0.05) is 19.8 Å². The fraction of sp³-hybridized carbons (Fsp3) is 0.154. The van der Waals surface area contributed by atoms with Gasteiger partial charge in [-0.2, -0.15) is 0 Å². The molecular weight excluding hydrogens is 262 g/mol. The van der Waals surface area contributed by atoms with Crippen LogP contribution in [0.25, 0.3) is 0 Å². The highest BCUT2D eigenvalue weighted by Gasteiger charge is 2.24. The Kier molecular flexibility index (Phi) is 3.82. The lowest BCUT2D eigenvalue weighted by molar-refractivity contribution is 0.592. The number of aromatic nitrogens is 1. The first kappa shape index (κ1) is 13.5. The topological polar surface area (TPSA) is 76.3 Å². The number of pyridine rings is 1. The predicted octanol–water partition coefficient (Wildman–Crippen LogP) is 1.37. The molecule has 5 nitrogen and oxygen atoms in total. The number of anilines is 1. The van der Waals surface area contributed by atoms with Gasteiger partial charge in [-0.1, -0.05) is 18.2 Å². The second-order valence-electron chi connectivity index (χ2n) is 3.96. The zero-order valence-electron chi connectivity index (χ0n) is 10.5. The molecule has 1 aromatic heterocycles. The second-order valence-corrected chi connectivity index (χ2v) is 5.90. The van der Waals surface area contributed by atoms with Gasteiger partial charge in [0.2, 0.25) is 0 Å². The highest BCUT2D eigenvalue weighted by atomic mass is 32.2. The van der Waals surface area contributed by atoms with Gasteiger partial charge in [-0.05, 0) is 24.3 Å². The first-order chi connectivity index (χ1) is 9.07. The molecule has 0 amide bonds. The van der Waals surface area contributed by atoms with Crippen molar-refractivity contribution in [1.29, 1.82) is 0 Å². The summed E-state index contributed by atoms with van der Waals surface area (Å²) in [4.78, 5) is 4.15. The fourth-order valence-corrected chi connectivity index (χ4v) is 3.11. The van der Waals surface area contributed by atoms with E-state index in [0.29, 0.717) is 11.4 Å². The molecule has 1 aromatic carbocycles. The van der Waals surface area contributed by atoms with E-state index in [4.69, 9.17) is 5.73 Å². The Morgan fingerprint density at radius 1 is 1.16 bits per heavy atom. The van der Waals surface area contributed by atoms with Crippen molar-refractivity contribution in [2.75, 3.05) is 11.4 Å². The number of para-hydroxylation sites is 1. The van der Waals surface area contributed by atoms with Gasteiger partial charge in [0.1, 0.15) is 4.90 Å². The van der Waals surface area contributed by atoms with Crippen molar-refractivity contribution in [3.8, 4) is 0 Å². The molecule has 0 spiro atoms. The molecule has 2 N–H and O–H groups in total. The summed E-state index contributed by atoms with van der Waals surface area (Å²) >= 11 is 0. The first-order valence-electron chi connectivity index (χ1n) is 5.75. The van der Waals surface area contributed by atoms with E-state index >= 15 is 0 Å². The Labute approximate surface area is 112 Å². The summed E-state index contributed by atoms with van der Waals surface area (Å²) in [6, 6.07) is 12.0. The second kappa shape index (κ2) is 5.38. The van der Waals surface area contributed by atoms with E-state index in [0.717, 1.165) is 0 Å². The molecule has 2 rings (SSSR count). The maximum Gasteiger partial charge on any atom is 0.265 e. The van der Waals surface area contributed by atoms with Crippen LogP contribution in [0.2, 0.25) is 0 Å². The van der Waals surface area contributed by atoms with Gasteiger partial charge in [0.25, 0.3) is 10.0 Å². The van der Waals surface area contributed by atoms with Crippen molar-refractivity contribution in [3.05, 3.63) is 54.4 Å². The summed E-state index contributed by atoms with van der Waals surface area (Å²) < 4.78 is 26.3. The van der Waals surface area contributed by atoms with Crippen LogP contribution in [0, 0.1) is 0 Å². The van der Waals surface area contributed by atoms with Gasteiger partial charge in [-0.15, -0.1) is 0 Å². The van der Waals surface area contributed by atoms with Crippen LogP contribution < -0.4 is 10.0 Å². The fourth-order valence-electron chi connectivity index (χ4n) is 1.74. The van der Waals surface area contributed by atoms with E-state index in [9.17, 15) is 8.42 Å². The summed E-state index contributed by atoms with van der Waals surface area (Å²) in [5, 5.41) is 0. The van der Waals surface area contributed by atoms with Crippen LogP contribution in [0.3, 0.4) is 0 Å². The molecule has 0 aliphatic carbocycles. The molecule has 0 atom stereocenters.